The van der Waals surface area contributed by atoms with Gasteiger partial charge in [0, 0.05) is 16.0 Å². The lowest BCUT2D eigenvalue weighted by Crippen LogP contribution is -2.33. The predicted octanol–water partition coefficient (Wildman–Crippen LogP) is 4.70. The molecular formula is C21H15NO3S. The molecule has 128 valence electrons. The quantitative estimate of drug-likeness (QED) is 0.495. The van der Waals surface area contributed by atoms with Crippen molar-refractivity contribution in [2.24, 2.45) is 0 Å². The molecule has 0 atom stereocenters. The number of rotatable bonds is 4. The number of carbonyl (C=O) groups is 1. The van der Waals surface area contributed by atoms with Crippen LogP contribution in [0.15, 0.2) is 87.4 Å². The predicted molar refractivity (Wildman–Crippen MR) is 104 cm³/mol. The summed E-state index contributed by atoms with van der Waals surface area (Å²) in [4.78, 5) is 28.2. The van der Waals surface area contributed by atoms with Gasteiger partial charge in [-0.3, -0.25) is 4.79 Å². The van der Waals surface area contributed by atoms with E-state index in [0.717, 1.165) is 16.0 Å². The van der Waals surface area contributed by atoms with E-state index in [1.165, 1.54) is 0 Å². The van der Waals surface area contributed by atoms with Gasteiger partial charge in [-0.1, -0.05) is 42.5 Å². The number of anilines is 1. The smallest absolute Gasteiger partial charge is 0.349 e. The van der Waals surface area contributed by atoms with Crippen molar-refractivity contribution in [1.29, 1.82) is 0 Å². The highest BCUT2D eigenvalue weighted by Gasteiger charge is 2.22. The van der Waals surface area contributed by atoms with Crippen molar-refractivity contribution < 1.29 is 9.21 Å². The Balaban J connectivity index is 1.79. The van der Waals surface area contributed by atoms with Crippen LogP contribution >= 0.6 is 11.3 Å². The van der Waals surface area contributed by atoms with Crippen LogP contribution in [0, 0.1) is 0 Å². The largest absolute Gasteiger partial charge is 0.422 e. The lowest BCUT2D eigenvalue weighted by molar-refractivity contribution is 0.0982. The second-order valence-corrected chi connectivity index (χ2v) is 6.82. The molecule has 0 N–H and O–H groups in total. The van der Waals surface area contributed by atoms with E-state index in [2.05, 4.69) is 0 Å². The Bertz CT molecular complexity index is 1100. The van der Waals surface area contributed by atoms with Crippen LogP contribution < -0.4 is 10.5 Å². The summed E-state index contributed by atoms with van der Waals surface area (Å²) in [5.74, 6) is -0.371. The molecule has 0 aliphatic heterocycles. The van der Waals surface area contributed by atoms with E-state index in [0.29, 0.717) is 12.1 Å². The van der Waals surface area contributed by atoms with Gasteiger partial charge >= 0.3 is 5.63 Å². The molecule has 0 bridgehead atoms. The highest BCUT2D eigenvalue weighted by molar-refractivity contribution is 7.09. The molecule has 0 aliphatic carbocycles. The molecule has 0 saturated heterocycles. The summed E-state index contributed by atoms with van der Waals surface area (Å²) in [5.41, 5.74) is 0.613. The molecule has 0 saturated carbocycles. The first-order valence-electron chi connectivity index (χ1n) is 8.14. The molecule has 2 heterocycles. The highest BCUT2D eigenvalue weighted by Crippen LogP contribution is 2.22. The normalized spacial score (nSPS) is 10.8. The van der Waals surface area contributed by atoms with Crippen molar-refractivity contribution in [3.8, 4) is 0 Å². The van der Waals surface area contributed by atoms with Crippen molar-refractivity contribution in [2.75, 3.05) is 4.90 Å². The molecule has 5 heteroatoms. The third-order valence-corrected chi connectivity index (χ3v) is 4.94. The number of hydrogen-bond donors (Lipinski definition) is 0. The Kier molecular flexibility index (Phi) is 4.37. The summed E-state index contributed by atoms with van der Waals surface area (Å²) < 4.78 is 5.33. The van der Waals surface area contributed by atoms with Crippen LogP contribution in [0.2, 0.25) is 0 Å². The lowest BCUT2D eigenvalue weighted by Gasteiger charge is -2.22. The molecule has 1 amide bonds. The summed E-state index contributed by atoms with van der Waals surface area (Å²) in [5, 5.41) is 2.69. The number of para-hydroxylation sites is 2. The second-order valence-electron chi connectivity index (χ2n) is 5.79. The molecular weight excluding hydrogens is 346 g/mol. The summed E-state index contributed by atoms with van der Waals surface area (Å²) >= 11 is 1.57. The van der Waals surface area contributed by atoms with Crippen LogP contribution in [0.3, 0.4) is 0 Å². The minimum Gasteiger partial charge on any atom is -0.422 e. The SMILES string of the molecule is O=C(c1cc2ccccc2oc1=O)N(Cc1cccs1)c1ccccc1. The molecule has 2 aromatic carbocycles. The number of benzene rings is 2. The fraction of sp³-hybridized carbons (Fsp3) is 0.0476. The van der Waals surface area contributed by atoms with Crippen LogP contribution in [0.25, 0.3) is 11.0 Å². The number of nitrogens with zero attached hydrogens (tertiary/aromatic N) is 1. The van der Waals surface area contributed by atoms with Gasteiger partial charge in [0.2, 0.25) is 0 Å². The standard InChI is InChI=1S/C21H15NO3S/c23-20(18-13-15-7-4-5-11-19(15)25-21(18)24)22(14-17-10-6-12-26-17)16-8-2-1-3-9-16/h1-13H,14H2. The van der Waals surface area contributed by atoms with Crippen molar-refractivity contribution in [3.05, 3.63) is 99.0 Å². The Labute approximate surface area is 153 Å². The van der Waals surface area contributed by atoms with Crippen LogP contribution in [-0.4, -0.2) is 5.91 Å². The number of hydrogen-bond acceptors (Lipinski definition) is 4. The molecule has 0 aliphatic rings. The zero-order valence-electron chi connectivity index (χ0n) is 13.8. The molecule has 4 rings (SSSR count). The molecule has 0 radical (unpaired) electrons. The van der Waals surface area contributed by atoms with E-state index in [-0.39, 0.29) is 11.5 Å². The van der Waals surface area contributed by atoms with Crippen molar-refractivity contribution in [2.45, 2.75) is 6.54 Å². The first-order valence-corrected chi connectivity index (χ1v) is 9.02. The topological polar surface area (TPSA) is 50.5 Å². The average molecular weight is 361 g/mol. The Morgan fingerprint density at radius 2 is 1.73 bits per heavy atom. The molecule has 4 aromatic rings. The number of carbonyl (C=O) groups excluding carboxylic acids is 1. The van der Waals surface area contributed by atoms with Gasteiger partial charge in [0.15, 0.2) is 0 Å². The average Bonchev–Trinajstić information content (AvgIpc) is 3.19. The maximum absolute atomic E-state index is 13.2. The Hall–Kier alpha value is -3.18. The van der Waals surface area contributed by atoms with Gasteiger partial charge in [-0.2, -0.15) is 0 Å². The van der Waals surface area contributed by atoms with Gasteiger partial charge in [-0.05, 0) is 35.7 Å². The molecule has 2 aromatic heterocycles. The summed E-state index contributed by atoms with van der Waals surface area (Å²) in [6.07, 6.45) is 0. The van der Waals surface area contributed by atoms with Crippen molar-refractivity contribution in [1.82, 2.24) is 0 Å². The summed E-state index contributed by atoms with van der Waals surface area (Å²) in [6, 6.07) is 22.0. The Morgan fingerprint density at radius 1 is 0.962 bits per heavy atom. The Morgan fingerprint density at radius 3 is 2.50 bits per heavy atom. The molecule has 4 nitrogen and oxygen atoms in total. The number of fused-ring (bicyclic) bond motifs is 1. The third kappa shape index (κ3) is 3.17. The van der Waals surface area contributed by atoms with Gasteiger partial charge in [-0.25, -0.2) is 4.79 Å². The molecule has 0 unspecified atom stereocenters. The first kappa shape index (κ1) is 16.3. The van der Waals surface area contributed by atoms with E-state index in [1.54, 1.807) is 34.4 Å². The van der Waals surface area contributed by atoms with Gasteiger partial charge in [-0.15, -0.1) is 11.3 Å². The number of thiophene rings is 1. The summed E-state index contributed by atoms with van der Waals surface area (Å²) in [6.45, 7) is 0.396. The van der Waals surface area contributed by atoms with Gasteiger partial charge in [0.1, 0.15) is 11.1 Å². The van der Waals surface area contributed by atoms with Gasteiger partial charge in [0.05, 0.1) is 6.54 Å². The maximum Gasteiger partial charge on any atom is 0.349 e. The lowest BCUT2D eigenvalue weighted by atomic mass is 10.1. The minimum absolute atomic E-state index is 0.0316. The minimum atomic E-state index is -0.624. The molecule has 0 fully saturated rings. The zero-order valence-corrected chi connectivity index (χ0v) is 14.6. The van der Waals surface area contributed by atoms with Crippen LogP contribution in [0.5, 0.6) is 0 Å². The van der Waals surface area contributed by atoms with E-state index >= 15 is 0 Å². The van der Waals surface area contributed by atoms with Crippen LogP contribution in [-0.2, 0) is 6.54 Å². The fourth-order valence-electron chi connectivity index (χ4n) is 2.80. The molecule has 26 heavy (non-hydrogen) atoms. The van der Waals surface area contributed by atoms with E-state index in [1.807, 2.05) is 60.0 Å². The summed E-state index contributed by atoms with van der Waals surface area (Å²) in [7, 11) is 0. The fourth-order valence-corrected chi connectivity index (χ4v) is 3.50. The van der Waals surface area contributed by atoms with Gasteiger partial charge in [0.25, 0.3) is 5.91 Å². The number of amides is 1. The van der Waals surface area contributed by atoms with Crippen molar-refractivity contribution in [3.63, 3.8) is 0 Å². The monoisotopic (exact) mass is 361 g/mol. The van der Waals surface area contributed by atoms with E-state index in [4.69, 9.17) is 4.42 Å². The highest BCUT2D eigenvalue weighted by atomic mass is 32.1. The third-order valence-electron chi connectivity index (χ3n) is 4.08. The van der Waals surface area contributed by atoms with E-state index in [9.17, 15) is 9.59 Å². The van der Waals surface area contributed by atoms with Crippen LogP contribution in [0.1, 0.15) is 15.2 Å². The van der Waals surface area contributed by atoms with Gasteiger partial charge < -0.3 is 9.32 Å². The molecule has 0 spiro atoms. The van der Waals surface area contributed by atoms with E-state index < -0.39 is 5.63 Å². The maximum atomic E-state index is 13.2. The second kappa shape index (κ2) is 6.98. The first-order chi connectivity index (χ1) is 12.7. The van der Waals surface area contributed by atoms with Crippen LogP contribution in [0.4, 0.5) is 5.69 Å². The zero-order chi connectivity index (χ0) is 17.9. The van der Waals surface area contributed by atoms with Crippen molar-refractivity contribution >= 4 is 33.9 Å².